The van der Waals surface area contributed by atoms with Crippen molar-refractivity contribution in [3.8, 4) is 0 Å². The topological polar surface area (TPSA) is 29.5 Å². The highest BCUT2D eigenvalue weighted by atomic mass is 35.5. The van der Waals surface area contributed by atoms with Crippen molar-refractivity contribution in [3.63, 3.8) is 0 Å². The van der Waals surface area contributed by atoms with Crippen molar-refractivity contribution >= 4 is 11.6 Å². The van der Waals surface area contributed by atoms with Gasteiger partial charge < -0.3 is 9.84 Å². The Kier molecular flexibility index (Phi) is 2.77. The van der Waals surface area contributed by atoms with Crippen LogP contribution in [0.2, 0.25) is 5.02 Å². The van der Waals surface area contributed by atoms with E-state index in [1.54, 1.807) is 0 Å². The highest BCUT2D eigenvalue weighted by Crippen LogP contribution is 2.24. The Morgan fingerprint density at radius 1 is 1.50 bits per heavy atom. The highest BCUT2D eigenvalue weighted by molar-refractivity contribution is 6.30. The molecule has 1 N–H and O–H groups in total. The predicted molar refractivity (Wildman–Crippen MR) is 55.5 cm³/mol. The van der Waals surface area contributed by atoms with Gasteiger partial charge in [-0.15, -0.1) is 0 Å². The molecule has 0 amide bonds. The molecule has 2 rings (SSSR count). The molecular weight excluding hydrogens is 200 g/mol. The average Bonchev–Trinajstić information content (AvgIpc) is 2.51. The highest BCUT2D eigenvalue weighted by Gasteiger charge is 2.32. The first-order valence-electron chi connectivity index (χ1n) is 4.73. The molecule has 0 spiro atoms. The summed E-state index contributed by atoms with van der Waals surface area (Å²) in [5, 5.41) is 10.8. The quantitative estimate of drug-likeness (QED) is 0.813. The zero-order chi connectivity index (χ0) is 10.0. The van der Waals surface area contributed by atoms with Crippen LogP contribution in [0.15, 0.2) is 24.3 Å². The predicted octanol–water partition coefficient (Wildman–Crippen LogP) is 2.03. The fourth-order valence-corrected chi connectivity index (χ4v) is 1.98. The molecule has 1 aliphatic rings. The molecule has 0 aliphatic carbocycles. The van der Waals surface area contributed by atoms with Crippen LogP contribution in [0.4, 0.5) is 0 Å². The molecule has 0 aromatic heterocycles. The number of halogens is 1. The van der Waals surface area contributed by atoms with Gasteiger partial charge in [0.15, 0.2) is 0 Å². The molecule has 1 aliphatic heterocycles. The first-order valence-corrected chi connectivity index (χ1v) is 5.10. The summed E-state index contributed by atoms with van der Waals surface area (Å²) in [5.74, 6) is 0. The molecule has 1 fully saturated rings. The number of rotatable bonds is 2. The minimum atomic E-state index is -0.690. The van der Waals surface area contributed by atoms with E-state index < -0.39 is 5.60 Å². The van der Waals surface area contributed by atoms with Crippen LogP contribution < -0.4 is 0 Å². The van der Waals surface area contributed by atoms with E-state index in [4.69, 9.17) is 16.3 Å². The summed E-state index contributed by atoms with van der Waals surface area (Å²) in [5.41, 5.74) is 0.371. The lowest BCUT2D eigenvalue weighted by Crippen LogP contribution is -2.31. The molecule has 1 heterocycles. The Morgan fingerprint density at radius 3 is 3.00 bits per heavy atom. The van der Waals surface area contributed by atoms with Crippen LogP contribution in [0.25, 0.3) is 0 Å². The van der Waals surface area contributed by atoms with Gasteiger partial charge >= 0.3 is 0 Å². The zero-order valence-corrected chi connectivity index (χ0v) is 8.63. The average molecular weight is 213 g/mol. The van der Waals surface area contributed by atoms with Gasteiger partial charge in [0.1, 0.15) is 0 Å². The molecule has 2 nitrogen and oxygen atoms in total. The van der Waals surface area contributed by atoms with E-state index in [0.29, 0.717) is 31.1 Å². The maximum Gasteiger partial charge on any atom is 0.0942 e. The van der Waals surface area contributed by atoms with E-state index in [0.717, 1.165) is 5.56 Å². The van der Waals surface area contributed by atoms with Crippen molar-refractivity contribution in [2.45, 2.75) is 18.4 Å². The van der Waals surface area contributed by atoms with Gasteiger partial charge in [0.05, 0.1) is 12.2 Å². The molecule has 76 valence electrons. The third-order valence-corrected chi connectivity index (χ3v) is 2.74. The van der Waals surface area contributed by atoms with E-state index in [9.17, 15) is 5.11 Å². The van der Waals surface area contributed by atoms with Crippen molar-refractivity contribution in [3.05, 3.63) is 34.9 Å². The van der Waals surface area contributed by atoms with Gasteiger partial charge in [-0.3, -0.25) is 0 Å². The number of ether oxygens (including phenoxy) is 1. The van der Waals surface area contributed by atoms with Crippen LogP contribution in [0.1, 0.15) is 12.0 Å². The maximum absolute atomic E-state index is 10.1. The minimum absolute atomic E-state index is 0.430. The lowest BCUT2D eigenvalue weighted by Gasteiger charge is -2.20. The molecule has 1 aromatic carbocycles. The second-order valence-electron chi connectivity index (χ2n) is 3.83. The van der Waals surface area contributed by atoms with Crippen molar-refractivity contribution in [1.82, 2.24) is 0 Å². The number of aliphatic hydroxyl groups is 1. The van der Waals surface area contributed by atoms with Crippen LogP contribution in [-0.4, -0.2) is 23.9 Å². The summed E-state index contributed by atoms with van der Waals surface area (Å²) in [6.45, 7) is 1.08. The molecule has 1 unspecified atom stereocenters. The van der Waals surface area contributed by atoms with E-state index in [1.807, 2.05) is 24.3 Å². The number of hydrogen-bond acceptors (Lipinski definition) is 2. The lowest BCUT2D eigenvalue weighted by molar-refractivity contribution is 0.0270. The summed E-state index contributed by atoms with van der Waals surface area (Å²) < 4.78 is 5.18. The first-order chi connectivity index (χ1) is 6.68. The zero-order valence-electron chi connectivity index (χ0n) is 7.87. The van der Waals surface area contributed by atoms with Gasteiger partial charge in [-0.1, -0.05) is 23.7 Å². The third kappa shape index (κ3) is 2.27. The second kappa shape index (κ2) is 3.89. The molecule has 1 aromatic rings. The Morgan fingerprint density at radius 2 is 2.36 bits per heavy atom. The van der Waals surface area contributed by atoms with E-state index in [2.05, 4.69) is 0 Å². The molecule has 14 heavy (non-hydrogen) atoms. The van der Waals surface area contributed by atoms with Crippen molar-refractivity contribution < 1.29 is 9.84 Å². The fourth-order valence-electron chi connectivity index (χ4n) is 1.76. The molecule has 0 radical (unpaired) electrons. The normalized spacial score (nSPS) is 26.7. The monoisotopic (exact) mass is 212 g/mol. The molecular formula is C11H13ClO2. The maximum atomic E-state index is 10.1. The third-order valence-electron chi connectivity index (χ3n) is 2.50. The minimum Gasteiger partial charge on any atom is -0.387 e. The van der Waals surface area contributed by atoms with Gasteiger partial charge in [0, 0.05) is 24.5 Å². The standard InChI is InChI=1S/C11H13ClO2/c12-10-3-1-2-9(6-10)7-11(13)4-5-14-8-11/h1-3,6,13H,4-5,7-8H2. The molecule has 1 atom stereocenters. The Bertz CT molecular complexity index is 319. The van der Waals surface area contributed by atoms with Crippen molar-refractivity contribution in [2.24, 2.45) is 0 Å². The van der Waals surface area contributed by atoms with E-state index in [-0.39, 0.29) is 0 Å². The van der Waals surface area contributed by atoms with Crippen LogP contribution in [-0.2, 0) is 11.2 Å². The molecule has 3 heteroatoms. The summed E-state index contributed by atoms with van der Waals surface area (Å²) >= 11 is 5.86. The molecule has 1 saturated heterocycles. The van der Waals surface area contributed by atoms with Crippen LogP contribution >= 0.6 is 11.6 Å². The SMILES string of the molecule is OC1(Cc2cccc(Cl)c2)CCOC1. The second-order valence-corrected chi connectivity index (χ2v) is 4.27. The number of benzene rings is 1. The Balaban J connectivity index is 2.10. The lowest BCUT2D eigenvalue weighted by atomic mass is 9.94. The largest absolute Gasteiger partial charge is 0.387 e. The van der Waals surface area contributed by atoms with Crippen molar-refractivity contribution in [1.29, 1.82) is 0 Å². The smallest absolute Gasteiger partial charge is 0.0942 e. The van der Waals surface area contributed by atoms with Gasteiger partial charge in [0.25, 0.3) is 0 Å². The van der Waals surface area contributed by atoms with Gasteiger partial charge in [0.2, 0.25) is 0 Å². The van der Waals surface area contributed by atoms with Crippen molar-refractivity contribution in [2.75, 3.05) is 13.2 Å². The Hall–Kier alpha value is -0.570. The van der Waals surface area contributed by atoms with E-state index >= 15 is 0 Å². The Labute approximate surface area is 88.5 Å². The molecule has 0 saturated carbocycles. The van der Waals surface area contributed by atoms with Gasteiger partial charge in [-0.05, 0) is 17.7 Å². The summed E-state index contributed by atoms with van der Waals surface area (Å²) in [6.07, 6.45) is 1.33. The summed E-state index contributed by atoms with van der Waals surface area (Å²) in [4.78, 5) is 0. The first kappa shape index (κ1) is 9.97. The summed E-state index contributed by atoms with van der Waals surface area (Å²) in [6, 6.07) is 7.59. The van der Waals surface area contributed by atoms with E-state index in [1.165, 1.54) is 0 Å². The molecule has 0 bridgehead atoms. The summed E-state index contributed by atoms with van der Waals surface area (Å²) in [7, 11) is 0. The van der Waals surface area contributed by atoms with Gasteiger partial charge in [-0.25, -0.2) is 0 Å². The van der Waals surface area contributed by atoms with Crippen LogP contribution in [0.5, 0.6) is 0 Å². The number of hydrogen-bond donors (Lipinski definition) is 1. The fraction of sp³-hybridized carbons (Fsp3) is 0.455. The van der Waals surface area contributed by atoms with Crippen LogP contribution in [0.3, 0.4) is 0 Å². The van der Waals surface area contributed by atoms with Crippen LogP contribution in [0, 0.1) is 0 Å². The van der Waals surface area contributed by atoms with Gasteiger partial charge in [-0.2, -0.15) is 0 Å².